The van der Waals surface area contributed by atoms with E-state index in [4.69, 9.17) is 11.6 Å². The maximum absolute atomic E-state index is 11.9. The maximum atomic E-state index is 11.9. The van der Waals surface area contributed by atoms with Crippen molar-refractivity contribution in [2.75, 3.05) is 5.88 Å². The smallest absolute Gasteiger partial charge is 0.299 e. The van der Waals surface area contributed by atoms with E-state index in [0.29, 0.717) is 18.1 Å². The molecule has 2 aromatic rings. The summed E-state index contributed by atoms with van der Waals surface area (Å²) in [5.41, 5.74) is 2.01. The van der Waals surface area contributed by atoms with Crippen molar-refractivity contribution < 1.29 is 0 Å². The lowest BCUT2D eigenvalue weighted by atomic mass is 10.2. The van der Waals surface area contributed by atoms with E-state index in [9.17, 15) is 4.79 Å². The van der Waals surface area contributed by atoms with Gasteiger partial charge in [-0.05, 0) is 38.0 Å². The second-order valence-corrected chi connectivity index (χ2v) is 4.73. The number of halogens is 1. The normalized spacial score (nSPS) is 10.6. The van der Waals surface area contributed by atoms with Crippen LogP contribution in [-0.4, -0.2) is 20.4 Å². The van der Waals surface area contributed by atoms with Crippen molar-refractivity contribution in [1.82, 2.24) is 14.5 Å². The third-order valence-electron chi connectivity index (χ3n) is 2.81. The minimum Gasteiger partial charge on any atom is -0.299 e. The zero-order valence-electron chi connectivity index (χ0n) is 10.8. The van der Waals surface area contributed by atoms with E-state index in [0.717, 1.165) is 24.2 Å². The van der Waals surface area contributed by atoms with Gasteiger partial charge in [-0.3, -0.25) is 9.55 Å². The number of hydrogen-bond acceptors (Lipinski definition) is 3. The van der Waals surface area contributed by atoms with Gasteiger partial charge in [-0.25, -0.2) is 4.79 Å². The predicted octanol–water partition coefficient (Wildman–Crippen LogP) is 2.63. The van der Waals surface area contributed by atoms with E-state index in [1.807, 2.05) is 31.2 Å². The Morgan fingerprint density at radius 2 is 1.95 bits per heavy atom. The van der Waals surface area contributed by atoms with Crippen LogP contribution in [0.2, 0.25) is 0 Å². The first kappa shape index (κ1) is 13.7. The van der Waals surface area contributed by atoms with Gasteiger partial charge in [0, 0.05) is 24.3 Å². The molecule has 0 radical (unpaired) electrons. The first-order valence-corrected chi connectivity index (χ1v) is 6.81. The van der Waals surface area contributed by atoms with Crippen LogP contribution in [0.25, 0.3) is 11.4 Å². The van der Waals surface area contributed by atoms with Gasteiger partial charge in [0.2, 0.25) is 0 Å². The molecule has 0 saturated carbocycles. The average Bonchev–Trinajstić information content (AvgIpc) is 2.41. The summed E-state index contributed by atoms with van der Waals surface area (Å²) in [5, 5.41) is 0. The van der Waals surface area contributed by atoms with Gasteiger partial charge in [-0.2, -0.15) is 4.98 Å². The van der Waals surface area contributed by atoms with Gasteiger partial charge in [0.25, 0.3) is 0 Å². The molecule has 0 fully saturated rings. The SMILES string of the molecule is Cc1cccc(-c2ccn(CCCCCl)c(=O)n2)n1. The van der Waals surface area contributed by atoms with Gasteiger partial charge >= 0.3 is 5.69 Å². The molecule has 100 valence electrons. The summed E-state index contributed by atoms with van der Waals surface area (Å²) in [6.45, 7) is 2.57. The molecule has 0 aliphatic carbocycles. The number of nitrogens with zero attached hydrogens (tertiary/aromatic N) is 3. The number of pyridine rings is 1. The number of unbranched alkanes of at least 4 members (excludes halogenated alkanes) is 1. The number of aromatic nitrogens is 3. The summed E-state index contributed by atoms with van der Waals surface area (Å²) < 4.78 is 1.60. The lowest BCUT2D eigenvalue weighted by Crippen LogP contribution is -2.22. The monoisotopic (exact) mass is 277 g/mol. The third kappa shape index (κ3) is 3.64. The van der Waals surface area contributed by atoms with Crippen molar-refractivity contribution in [2.45, 2.75) is 26.3 Å². The highest BCUT2D eigenvalue weighted by Crippen LogP contribution is 2.12. The van der Waals surface area contributed by atoms with Crippen LogP contribution in [0, 0.1) is 6.92 Å². The molecule has 0 unspecified atom stereocenters. The minimum absolute atomic E-state index is 0.240. The van der Waals surface area contributed by atoms with Gasteiger partial charge in [-0.15, -0.1) is 11.6 Å². The fourth-order valence-electron chi connectivity index (χ4n) is 1.80. The molecule has 2 heterocycles. The Bertz CT molecular complexity index is 610. The zero-order chi connectivity index (χ0) is 13.7. The van der Waals surface area contributed by atoms with Gasteiger partial charge in [-0.1, -0.05) is 6.07 Å². The Hall–Kier alpha value is -1.68. The molecule has 0 saturated heterocycles. The highest BCUT2D eigenvalue weighted by atomic mass is 35.5. The van der Waals surface area contributed by atoms with Crippen LogP contribution < -0.4 is 5.69 Å². The number of alkyl halides is 1. The molecule has 0 bridgehead atoms. The molecule has 19 heavy (non-hydrogen) atoms. The summed E-state index contributed by atoms with van der Waals surface area (Å²) in [4.78, 5) is 20.3. The molecule has 2 rings (SSSR count). The van der Waals surface area contributed by atoms with Crippen LogP contribution in [0.15, 0.2) is 35.3 Å². The lowest BCUT2D eigenvalue weighted by molar-refractivity contribution is 0.601. The molecule has 0 atom stereocenters. The van der Waals surface area contributed by atoms with E-state index < -0.39 is 0 Å². The summed E-state index contributed by atoms with van der Waals surface area (Å²) >= 11 is 5.62. The second-order valence-electron chi connectivity index (χ2n) is 4.35. The van der Waals surface area contributed by atoms with Gasteiger partial charge in [0.05, 0.1) is 11.4 Å². The van der Waals surface area contributed by atoms with Crippen LogP contribution >= 0.6 is 11.6 Å². The predicted molar refractivity (Wildman–Crippen MR) is 76.4 cm³/mol. The van der Waals surface area contributed by atoms with E-state index in [-0.39, 0.29) is 5.69 Å². The molecular formula is C14H16ClN3O. The fourth-order valence-corrected chi connectivity index (χ4v) is 1.99. The van der Waals surface area contributed by atoms with E-state index in [1.165, 1.54) is 0 Å². The van der Waals surface area contributed by atoms with Crippen molar-refractivity contribution in [3.05, 3.63) is 46.6 Å². The van der Waals surface area contributed by atoms with Crippen LogP contribution in [0.3, 0.4) is 0 Å². The van der Waals surface area contributed by atoms with Crippen LogP contribution in [0.4, 0.5) is 0 Å². The molecule has 2 aromatic heterocycles. The van der Waals surface area contributed by atoms with Crippen LogP contribution in [0.5, 0.6) is 0 Å². The molecule has 0 N–H and O–H groups in total. The molecular weight excluding hydrogens is 262 g/mol. The third-order valence-corrected chi connectivity index (χ3v) is 3.07. The molecule has 4 nitrogen and oxygen atoms in total. The molecule has 0 aliphatic heterocycles. The summed E-state index contributed by atoms with van der Waals surface area (Å²) in [6.07, 6.45) is 3.55. The Morgan fingerprint density at radius 3 is 2.63 bits per heavy atom. The van der Waals surface area contributed by atoms with Crippen molar-refractivity contribution in [1.29, 1.82) is 0 Å². The standard InChI is InChI=1S/C14H16ClN3O/c1-11-5-4-6-12(16-11)13-7-10-18(14(19)17-13)9-3-2-8-15/h4-7,10H,2-3,8-9H2,1H3. The lowest BCUT2D eigenvalue weighted by Gasteiger charge is -2.05. The number of aryl methyl sites for hydroxylation is 2. The quantitative estimate of drug-likeness (QED) is 0.623. The number of hydrogen-bond donors (Lipinski definition) is 0. The van der Waals surface area contributed by atoms with Gasteiger partial charge in [0.15, 0.2) is 0 Å². The van der Waals surface area contributed by atoms with Crippen molar-refractivity contribution >= 4 is 11.6 Å². The Morgan fingerprint density at radius 1 is 1.16 bits per heavy atom. The average molecular weight is 278 g/mol. The Labute approximate surface area is 117 Å². The largest absolute Gasteiger partial charge is 0.348 e. The van der Waals surface area contributed by atoms with E-state index >= 15 is 0 Å². The molecule has 0 aromatic carbocycles. The highest BCUT2D eigenvalue weighted by molar-refractivity contribution is 6.17. The van der Waals surface area contributed by atoms with Crippen molar-refractivity contribution in [2.24, 2.45) is 0 Å². The van der Waals surface area contributed by atoms with Gasteiger partial charge < -0.3 is 0 Å². The van der Waals surface area contributed by atoms with Crippen molar-refractivity contribution in [3.8, 4) is 11.4 Å². The highest BCUT2D eigenvalue weighted by Gasteiger charge is 2.04. The molecule has 0 spiro atoms. The van der Waals surface area contributed by atoms with Crippen LogP contribution in [0.1, 0.15) is 18.5 Å². The van der Waals surface area contributed by atoms with E-state index in [2.05, 4.69) is 9.97 Å². The summed E-state index contributed by atoms with van der Waals surface area (Å²) in [5.74, 6) is 0.619. The zero-order valence-corrected chi connectivity index (χ0v) is 11.6. The molecule has 5 heteroatoms. The first-order valence-electron chi connectivity index (χ1n) is 6.28. The van der Waals surface area contributed by atoms with Crippen molar-refractivity contribution in [3.63, 3.8) is 0 Å². The Balaban J connectivity index is 2.21. The molecule has 0 aliphatic rings. The Kier molecular flexibility index (Phi) is 4.68. The number of rotatable bonds is 5. The topological polar surface area (TPSA) is 47.8 Å². The summed E-state index contributed by atoms with van der Waals surface area (Å²) in [6, 6.07) is 7.50. The fraction of sp³-hybridized carbons (Fsp3) is 0.357. The second kappa shape index (κ2) is 6.48. The van der Waals surface area contributed by atoms with E-state index in [1.54, 1.807) is 10.8 Å². The molecule has 0 amide bonds. The van der Waals surface area contributed by atoms with Gasteiger partial charge in [0.1, 0.15) is 0 Å². The van der Waals surface area contributed by atoms with Crippen LogP contribution in [-0.2, 0) is 6.54 Å². The first-order chi connectivity index (χ1) is 9.20. The minimum atomic E-state index is -0.240. The maximum Gasteiger partial charge on any atom is 0.348 e. The summed E-state index contributed by atoms with van der Waals surface area (Å²) in [7, 11) is 0.